The fourth-order valence-corrected chi connectivity index (χ4v) is 10.7. The van der Waals surface area contributed by atoms with Crippen molar-refractivity contribution in [1.29, 1.82) is 0 Å². The lowest BCUT2D eigenvalue weighted by Gasteiger charge is -2.51. The molecule has 4 bridgehead atoms. The molecule has 3 unspecified atom stereocenters. The van der Waals surface area contributed by atoms with Gasteiger partial charge in [0.25, 0.3) is 5.91 Å². The van der Waals surface area contributed by atoms with E-state index in [-0.39, 0.29) is 18.0 Å². The van der Waals surface area contributed by atoms with Crippen molar-refractivity contribution in [3.8, 4) is 22.6 Å². The Bertz CT molecular complexity index is 2020. The van der Waals surface area contributed by atoms with Gasteiger partial charge in [-0.3, -0.25) is 9.59 Å². The van der Waals surface area contributed by atoms with Gasteiger partial charge in [-0.2, -0.15) is 0 Å². The Hall–Kier alpha value is -4.50. The number of hydrogen-bond donors (Lipinski definition) is 2. The zero-order chi connectivity index (χ0) is 34.5. The first-order valence-corrected chi connectivity index (χ1v) is 18.7. The first kappa shape index (κ1) is 31.3. The molecule has 12 rings (SSSR count). The molecule has 51 heavy (non-hydrogen) atoms. The third-order valence-electron chi connectivity index (χ3n) is 13.3. The summed E-state index contributed by atoms with van der Waals surface area (Å²) in [6.07, 6.45) is 4.22. The van der Waals surface area contributed by atoms with Gasteiger partial charge in [-0.1, -0.05) is 78.9 Å². The molecule has 0 radical (unpaired) electrons. The number of carbonyl (C=O) groups is 2. The highest BCUT2D eigenvalue weighted by atomic mass is 16.5. The van der Waals surface area contributed by atoms with Crippen LogP contribution in [0.25, 0.3) is 11.1 Å². The van der Waals surface area contributed by atoms with E-state index in [1.807, 2.05) is 103 Å². The van der Waals surface area contributed by atoms with Crippen LogP contribution in [0.4, 0.5) is 0 Å². The smallest absolute Gasteiger partial charge is 0.261 e. The Balaban J connectivity index is 1.22. The number of fused-ring (bicyclic) bond motifs is 11. The summed E-state index contributed by atoms with van der Waals surface area (Å²) in [6, 6.07) is 29.2. The molecule has 6 saturated heterocycles. The summed E-state index contributed by atoms with van der Waals surface area (Å²) >= 11 is 0. The van der Waals surface area contributed by atoms with Crippen molar-refractivity contribution < 1.29 is 19.4 Å². The largest absolute Gasteiger partial charge is 0.457 e. The van der Waals surface area contributed by atoms with Gasteiger partial charge in [0.15, 0.2) is 5.60 Å². The number of hydrogen-bond acceptors (Lipinski definition) is 6. The van der Waals surface area contributed by atoms with E-state index in [4.69, 9.17) is 4.74 Å². The minimum Gasteiger partial charge on any atom is -0.457 e. The van der Waals surface area contributed by atoms with Crippen LogP contribution in [0.1, 0.15) is 53.5 Å². The second kappa shape index (κ2) is 11.5. The number of likely N-dealkylation sites (N-methyl/N-ethyl adjacent to an activating group) is 1. The SMILES string of the molecule is CN(C(=O)C1(c2cccc3c2C(O)(C(=O)NC2CN4CCC2CC4)c2ccccc2-3)c2ccccc2Oc2ccccc21)C1CN2CCC1CC2. The number of aliphatic hydroxyl groups is 1. The number of rotatable bonds is 5. The summed E-state index contributed by atoms with van der Waals surface area (Å²) in [5, 5.41) is 16.7. The number of nitrogens with one attached hydrogen (secondary N) is 1. The molecule has 0 spiro atoms. The minimum absolute atomic E-state index is 0.0459. The van der Waals surface area contributed by atoms with Gasteiger partial charge >= 0.3 is 0 Å². The molecule has 7 heterocycles. The molecule has 260 valence electrons. The fraction of sp³-hybridized carbons (Fsp3) is 0.395. The van der Waals surface area contributed by atoms with Gasteiger partial charge in [-0.05, 0) is 92.5 Å². The van der Waals surface area contributed by atoms with Gasteiger partial charge in [-0.25, -0.2) is 0 Å². The van der Waals surface area contributed by atoms with Crippen molar-refractivity contribution in [1.82, 2.24) is 20.0 Å². The van der Waals surface area contributed by atoms with E-state index in [1.165, 1.54) is 0 Å². The molecule has 4 aromatic carbocycles. The van der Waals surface area contributed by atoms with E-state index in [0.29, 0.717) is 51.2 Å². The topological polar surface area (TPSA) is 85.3 Å². The molecule has 1 aliphatic carbocycles. The van der Waals surface area contributed by atoms with E-state index in [9.17, 15) is 5.11 Å². The average molecular weight is 681 g/mol. The number of ether oxygens (including phenoxy) is 1. The van der Waals surface area contributed by atoms with E-state index in [2.05, 4.69) is 15.1 Å². The molecule has 0 saturated carbocycles. The zero-order valence-electron chi connectivity index (χ0n) is 29.1. The Morgan fingerprint density at radius 3 is 1.86 bits per heavy atom. The Kier molecular flexibility index (Phi) is 7.05. The maximum absolute atomic E-state index is 16.0. The van der Waals surface area contributed by atoms with Gasteiger partial charge in [0.2, 0.25) is 5.91 Å². The van der Waals surface area contributed by atoms with Crippen LogP contribution in [0.5, 0.6) is 11.5 Å². The predicted molar refractivity (Wildman–Crippen MR) is 195 cm³/mol. The standard InChI is InChI=1S/C43H44N4O4/c1-45(36-26-47-23-19-28(36)20-24-47)41(49)42(32-12-4-6-15-37(32)51-38-16-7-5-13-33(38)42)34-14-8-10-30-29-9-2-3-11-31(29)43(50,39(30)34)40(48)44-35-25-46-21-17-27(35)18-22-46/h2-16,27-28,35-36,50H,17-26H2,1H3,(H,44,48). The summed E-state index contributed by atoms with van der Waals surface area (Å²) in [7, 11) is 1.96. The quantitative estimate of drug-likeness (QED) is 0.305. The number of benzene rings is 4. The first-order chi connectivity index (χ1) is 24.9. The summed E-state index contributed by atoms with van der Waals surface area (Å²) in [6.45, 7) is 5.87. The van der Waals surface area contributed by atoms with Crippen LogP contribution >= 0.6 is 0 Å². The van der Waals surface area contributed by atoms with E-state index in [0.717, 1.165) is 76.1 Å². The lowest BCUT2D eigenvalue weighted by molar-refractivity contribution is -0.141. The summed E-state index contributed by atoms with van der Waals surface area (Å²) in [5.41, 5.74) is 1.21. The van der Waals surface area contributed by atoms with E-state index < -0.39 is 16.9 Å². The molecule has 0 aromatic heterocycles. The lowest BCUT2D eigenvalue weighted by atomic mass is 9.63. The van der Waals surface area contributed by atoms with Crippen molar-refractivity contribution in [3.63, 3.8) is 0 Å². The Labute approximate surface area is 299 Å². The van der Waals surface area contributed by atoms with Crippen molar-refractivity contribution in [2.24, 2.45) is 11.8 Å². The first-order valence-electron chi connectivity index (χ1n) is 18.7. The number of carbonyl (C=O) groups excluding carboxylic acids is 2. The van der Waals surface area contributed by atoms with Crippen LogP contribution < -0.4 is 10.1 Å². The normalized spacial score (nSPS) is 30.3. The Morgan fingerprint density at radius 2 is 1.25 bits per heavy atom. The van der Waals surface area contributed by atoms with Crippen LogP contribution in [-0.2, 0) is 20.6 Å². The molecule has 3 atom stereocenters. The molecular formula is C43H44N4O4. The van der Waals surface area contributed by atoms with Crippen LogP contribution in [-0.4, -0.2) is 90.0 Å². The van der Waals surface area contributed by atoms with Gasteiger partial charge < -0.3 is 29.9 Å². The highest BCUT2D eigenvalue weighted by molar-refractivity contribution is 6.04. The summed E-state index contributed by atoms with van der Waals surface area (Å²) in [4.78, 5) is 37.9. The predicted octanol–water partition coefficient (Wildman–Crippen LogP) is 5.11. The summed E-state index contributed by atoms with van der Waals surface area (Å²) in [5.74, 6) is 1.49. The maximum Gasteiger partial charge on any atom is 0.261 e. The molecular weight excluding hydrogens is 636 g/mol. The molecule has 8 aliphatic rings. The van der Waals surface area contributed by atoms with Crippen LogP contribution in [0, 0.1) is 11.8 Å². The second-order valence-electron chi connectivity index (χ2n) is 15.7. The third kappa shape index (κ3) is 4.36. The van der Waals surface area contributed by atoms with E-state index in [1.54, 1.807) is 0 Å². The number of amides is 2. The van der Waals surface area contributed by atoms with Crippen LogP contribution in [0.3, 0.4) is 0 Å². The van der Waals surface area contributed by atoms with Gasteiger partial charge in [0, 0.05) is 54.5 Å². The fourth-order valence-electron chi connectivity index (χ4n) is 10.7. The van der Waals surface area contributed by atoms with Crippen LogP contribution in [0.15, 0.2) is 91.0 Å². The highest BCUT2D eigenvalue weighted by Crippen LogP contribution is 2.58. The van der Waals surface area contributed by atoms with Crippen molar-refractivity contribution in [2.75, 3.05) is 46.3 Å². The van der Waals surface area contributed by atoms with Gasteiger partial charge in [0.05, 0.1) is 0 Å². The number of nitrogens with zero attached hydrogens (tertiary/aromatic N) is 3. The molecule has 2 N–H and O–H groups in total. The highest BCUT2D eigenvalue weighted by Gasteiger charge is 2.59. The van der Waals surface area contributed by atoms with Crippen molar-refractivity contribution in [2.45, 2.75) is 48.8 Å². The molecule has 2 amide bonds. The van der Waals surface area contributed by atoms with Gasteiger partial charge in [0.1, 0.15) is 16.9 Å². The van der Waals surface area contributed by atoms with Gasteiger partial charge in [-0.15, -0.1) is 0 Å². The molecule has 4 aromatic rings. The van der Waals surface area contributed by atoms with Crippen LogP contribution in [0.2, 0.25) is 0 Å². The number of para-hydroxylation sites is 2. The minimum atomic E-state index is -2.03. The maximum atomic E-state index is 16.0. The monoisotopic (exact) mass is 680 g/mol. The molecule has 8 heteroatoms. The third-order valence-corrected chi connectivity index (χ3v) is 13.3. The Morgan fingerprint density at radius 1 is 0.706 bits per heavy atom. The summed E-state index contributed by atoms with van der Waals surface area (Å²) < 4.78 is 6.56. The molecule has 7 aliphatic heterocycles. The zero-order valence-corrected chi connectivity index (χ0v) is 29.1. The number of piperidine rings is 6. The second-order valence-corrected chi connectivity index (χ2v) is 15.7. The molecule has 6 fully saturated rings. The van der Waals surface area contributed by atoms with Crippen molar-refractivity contribution in [3.05, 3.63) is 119 Å². The molecule has 8 nitrogen and oxygen atoms in total. The average Bonchev–Trinajstić information content (AvgIpc) is 3.46. The van der Waals surface area contributed by atoms with Crippen molar-refractivity contribution >= 4 is 11.8 Å². The lowest BCUT2D eigenvalue weighted by Crippen LogP contribution is -2.61. The van der Waals surface area contributed by atoms with E-state index >= 15 is 9.59 Å².